The highest BCUT2D eigenvalue weighted by atomic mass is 16.2. The summed E-state index contributed by atoms with van der Waals surface area (Å²) in [7, 11) is 0. The molecule has 1 aromatic rings. The molecule has 0 atom stereocenters. The van der Waals surface area contributed by atoms with Gasteiger partial charge in [-0.1, -0.05) is 6.92 Å². The number of aromatic nitrogens is 1. The molecular formula is C14H21N3O2. The van der Waals surface area contributed by atoms with Crippen LogP contribution in [0.15, 0.2) is 23.1 Å². The Morgan fingerprint density at radius 1 is 1.47 bits per heavy atom. The van der Waals surface area contributed by atoms with Crippen LogP contribution in [0.3, 0.4) is 0 Å². The second-order valence-corrected chi connectivity index (χ2v) is 5.22. The fourth-order valence-corrected chi connectivity index (χ4v) is 2.30. The Morgan fingerprint density at radius 2 is 2.21 bits per heavy atom. The summed E-state index contributed by atoms with van der Waals surface area (Å²) in [5.74, 6) is 0.637. The lowest BCUT2D eigenvalue weighted by molar-refractivity contribution is 0.0944. The molecule has 2 N–H and O–H groups in total. The van der Waals surface area contributed by atoms with Gasteiger partial charge in [0.25, 0.3) is 5.91 Å². The first-order valence-electron chi connectivity index (χ1n) is 6.84. The van der Waals surface area contributed by atoms with Crippen LogP contribution in [0, 0.1) is 5.92 Å². The largest absolute Gasteiger partial charge is 0.351 e. The molecule has 1 amide bonds. The highest BCUT2D eigenvalue weighted by Gasteiger charge is 2.15. The summed E-state index contributed by atoms with van der Waals surface area (Å²) in [5.41, 5.74) is 0.161. The molecule has 0 radical (unpaired) electrons. The van der Waals surface area contributed by atoms with Crippen molar-refractivity contribution < 1.29 is 4.79 Å². The zero-order chi connectivity index (χ0) is 13.7. The maximum Gasteiger partial charge on any atom is 0.251 e. The van der Waals surface area contributed by atoms with Gasteiger partial charge in [-0.2, -0.15) is 0 Å². The number of carbonyl (C=O) groups is 1. The van der Waals surface area contributed by atoms with Gasteiger partial charge in [0.2, 0.25) is 5.56 Å². The maximum atomic E-state index is 11.8. The average Bonchev–Trinajstić information content (AvgIpc) is 2.41. The summed E-state index contributed by atoms with van der Waals surface area (Å²) in [5, 5.41) is 2.85. The quantitative estimate of drug-likeness (QED) is 0.846. The summed E-state index contributed by atoms with van der Waals surface area (Å²) in [4.78, 5) is 27.8. The van der Waals surface area contributed by atoms with Gasteiger partial charge in [0.15, 0.2) is 0 Å². The van der Waals surface area contributed by atoms with E-state index in [1.165, 1.54) is 25.1 Å². The number of rotatable bonds is 4. The summed E-state index contributed by atoms with van der Waals surface area (Å²) < 4.78 is 0. The van der Waals surface area contributed by atoms with Crippen LogP contribution >= 0.6 is 0 Å². The van der Waals surface area contributed by atoms with Crippen molar-refractivity contribution in [2.24, 2.45) is 5.92 Å². The van der Waals surface area contributed by atoms with Crippen LogP contribution in [0.5, 0.6) is 0 Å². The second kappa shape index (κ2) is 6.52. The van der Waals surface area contributed by atoms with Gasteiger partial charge in [-0.05, 0) is 37.9 Å². The molecule has 1 aliphatic heterocycles. The molecule has 0 aliphatic carbocycles. The SMILES string of the molecule is CC1CCN(CCNC(=O)c2cc[nH]c(=O)c2)CC1. The van der Waals surface area contributed by atoms with Crippen molar-refractivity contribution in [2.75, 3.05) is 26.2 Å². The predicted molar refractivity (Wildman–Crippen MR) is 74.2 cm³/mol. The Labute approximate surface area is 113 Å². The molecule has 1 aromatic heterocycles. The van der Waals surface area contributed by atoms with E-state index in [0.29, 0.717) is 12.1 Å². The molecule has 0 unspecified atom stereocenters. The lowest BCUT2D eigenvalue weighted by atomic mass is 9.99. The Hall–Kier alpha value is -1.62. The summed E-state index contributed by atoms with van der Waals surface area (Å²) >= 11 is 0. The lowest BCUT2D eigenvalue weighted by Crippen LogP contribution is -2.39. The first-order chi connectivity index (χ1) is 9.15. The third kappa shape index (κ3) is 4.21. The van der Waals surface area contributed by atoms with Crippen LogP contribution in [-0.2, 0) is 0 Å². The zero-order valence-corrected chi connectivity index (χ0v) is 11.3. The number of pyridine rings is 1. The molecule has 104 valence electrons. The van der Waals surface area contributed by atoms with E-state index in [-0.39, 0.29) is 11.5 Å². The number of amides is 1. The van der Waals surface area contributed by atoms with Crippen LogP contribution < -0.4 is 10.9 Å². The number of H-pyrrole nitrogens is 1. The van der Waals surface area contributed by atoms with E-state index in [2.05, 4.69) is 22.1 Å². The first-order valence-corrected chi connectivity index (χ1v) is 6.84. The molecule has 0 spiro atoms. The molecule has 1 aliphatic rings. The molecule has 1 fully saturated rings. The first kappa shape index (κ1) is 13.8. The van der Waals surface area contributed by atoms with Crippen molar-refractivity contribution in [3.8, 4) is 0 Å². The number of nitrogens with one attached hydrogen (secondary N) is 2. The molecule has 2 heterocycles. The van der Waals surface area contributed by atoms with E-state index >= 15 is 0 Å². The minimum absolute atomic E-state index is 0.184. The van der Waals surface area contributed by atoms with Gasteiger partial charge >= 0.3 is 0 Å². The molecule has 19 heavy (non-hydrogen) atoms. The zero-order valence-electron chi connectivity index (χ0n) is 11.3. The number of likely N-dealkylation sites (tertiary alicyclic amines) is 1. The van der Waals surface area contributed by atoms with Gasteiger partial charge in [-0.15, -0.1) is 0 Å². The van der Waals surface area contributed by atoms with Crippen molar-refractivity contribution in [3.05, 3.63) is 34.2 Å². The third-order valence-corrected chi connectivity index (χ3v) is 3.63. The Bertz CT molecular complexity index is 476. The van der Waals surface area contributed by atoms with E-state index < -0.39 is 0 Å². The lowest BCUT2D eigenvalue weighted by Gasteiger charge is -2.30. The Kier molecular flexibility index (Phi) is 4.74. The molecule has 5 nitrogen and oxygen atoms in total. The summed E-state index contributed by atoms with van der Waals surface area (Å²) in [6.45, 7) is 6.01. The standard InChI is InChI=1S/C14H21N3O2/c1-11-3-7-17(8-4-11)9-6-16-14(19)12-2-5-15-13(18)10-12/h2,5,10-11H,3-4,6-9H2,1H3,(H,15,18)(H,16,19). The Morgan fingerprint density at radius 3 is 2.89 bits per heavy atom. The smallest absolute Gasteiger partial charge is 0.251 e. The number of aromatic amines is 1. The van der Waals surface area contributed by atoms with Gasteiger partial charge in [0.1, 0.15) is 0 Å². The molecule has 5 heteroatoms. The number of nitrogens with zero attached hydrogens (tertiary/aromatic N) is 1. The second-order valence-electron chi connectivity index (χ2n) is 5.22. The highest BCUT2D eigenvalue weighted by Crippen LogP contribution is 2.15. The number of carbonyl (C=O) groups excluding carboxylic acids is 1. The molecule has 1 saturated heterocycles. The van der Waals surface area contributed by atoms with E-state index in [0.717, 1.165) is 25.6 Å². The van der Waals surface area contributed by atoms with Crippen LogP contribution in [0.1, 0.15) is 30.1 Å². The normalized spacial score (nSPS) is 17.3. The van der Waals surface area contributed by atoms with Gasteiger partial charge < -0.3 is 15.2 Å². The topological polar surface area (TPSA) is 65.2 Å². The molecule has 0 bridgehead atoms. The Balaban J connectivity index is 1.74. The van der Waals surface area contributed by atoms with Crippen LogP contribution in [0.2, 0.25) is 0 Å². The van der Waals surface area contributed by atoms with Crippen molar-refractivity contribution in [1.29, 1.82) is 0 Å². The van der Waals surface area contributed by atoms with Gasteiger partial charge in [-0.25, -0.2) is 0 Å². The molecule has 0 aromatic carbocycles. The van der Waals surface area contributed by atoms with Crippen LogP contribution in [0.4, 0.5) is 0 Å². The molecule has 0 saturated carbocycles. The van der Waals surface area contributed by atoms with Crippen molar-refractivity contribution >= 4 is 5.91 Å². The van der Waals surface area contributed by atoms with Crippen molar-refractivity contribution in [3.63, 3.8) is 0 Å². The molecule has 2 rings (SSSR count). The molecular weight excluding hydrogens is 242 g/mol. The van der Waals surface area contributed by atoms with Gasteiger partial charge in [-0.3, -0.25) is 9.59 Å². The van der Waals surface area contributed by atoms with Crippen molar-refractivity contribution in [2.45, 2.75) is 19.8 Å². The summed E-state index contributed by atoms with van der Waals surface area (Å²) in [6, 6.07) is 2.93. The minimum Gasteiger partial charge on any atom is -0.351 e. The van der Waals surface area contributed by atoms with E-state index in [1.807, 2.05) is 0 Å². The van der Waals surface area contributed by atoms with E-state index in [1.54, 1.807) is 6.07 Å². The number of piperidine rings is 1. The predicted octanol–water partition coefficient (Wildman–Crippen LogP) is 0.837. The van der Waals surface area contributed by atoms with Crippen molar-refractivity contribution in [1.82, 2.24) is 15.2 Å². The number of hydrogen-bond donors (Lipinski definition) is 2. The van der Waals surface area contributed by atoms with Gasteiger partial charge in [0, 0.05) is 30.9 Å². The summed E-state index contributed by atoms with van der Waals surface area (Å²) in [6.07, 6.45) is 3.97. The third-order valence-electron chi connectivity index (χ3n) is 3.63. The average molecular weight is 263 g/mol. The van der Waals surface area contributed by atoms with E-state index in [4.69, 9.17) is 0 Å². The fraction of sp³-hybridized carbons (Fsp3) is 0.571. The van der Waals surface area contributed by atoms with Crippen LogP contribution in [-0.4, -0.2) is 42.0 Å². The highest BCUT2D eigenvalue weighted by molar-refractivity contribution is 5.93. The maximum absolute atomic E-state index is 11.8. The van der Waals surface area contributed by atoms with Gasteiger partial charge in [0.05, 0.1) is 0 Å². The van der Waals surface area contributed by atoms with Crippen LogP contribution in [0.25, 0.3) is 0 Å². The fourth-order valence-electron chi connectivity index (χ4n) is 2.30. The van der Waals surface area contributed by atoms with E-state index in [9.17, 15) is 9.59 Å². The monoisotopic (exact) mass is 263 g/mol. The number of hydrogen-bond acceptors (Lipinski definition) is 3. The minimum atomic E-state index is -0.252.